The van der Waals surface area contributed by atoms with E-state index in [0.29, 0.717) is 22.5 Å². The van der Waals surface area contributed by atoms with Crippen LogP contribution in [0.4, 0.5) is 5.13 Å². The Kier molecular flexibility index (Phi) is 6.38. The number of aliphatic hydroxyl groups is 1. The zero-order valence-corrected chi connectivity index (χ0v) is 21.7. The van der Waals surface area contributed by atoms with Crippen LogP contribution in [0, 0.1) is 23.2 Å². The summed E-state index contributed by atoms with van der Waals surface area (Å²) in [6.45, 7) is 6.36. The number of anilines is 1. The number of nitrogens with one attached hydrogen (secondary N) is 2. The molecule has 0 bridgehead atoms. The average molecular weight is 498 g/mol. The fourth-order valence-corrected chi connectivity index (χ4v) is 7.53. The van der Waals surface area contributed by atoms with Gasteiger partial charge in [0.05, 0.1) is 18.9 Å². The molecular formula is C27H35N3O4S. The molecule has 7 nitrogen and oxygen atoms in total. The molecular weight excluding hydrogens is 462 g/mol. The number of benzene rings is 1. The zero-order chi connectivity index (χ0) is 24.9. The summed E-state index contributed by atoms with van der Waals surface area (Å²) >= 11 is 1.54. The first-order valence-electron chi connectivity index (χ1n) is 12.6. The molecule has 6 atom stereocenters. The van der Waals surface area contributed by atoms with Gasteiger partial charge in [-0.1, -0.05) is 20.8 Å². The van der Waals surface area contributed by atoms with Crippen LogP contribution < -0.4 is 15.4 Å². The van der Waals surface area contributed by atoms with Crippen molar-refractivity contribution in [2.24, 2.45) is 23.2 Å². The normalized spacial score (nSPS) is 30.5. The molecule has 3 aliphatic carbocycles. The maximum Gasteiger partial charge on any atom is 0.257 e. The van der Waals surface area contributed by atoms with Gasteiger partial charge in [0.25, 0.3) is 5.91 Å². The number of nitrogens with zero attached hydrogens (tertiary/aromatic N) is 1. The second-order valence-corrected chi connectivity index (χ2v) is 12.0. The molecule has 1 heterocycles. The van der Waals surface area contributed by atoms with E-state index in [0.717, 1.165) is 37.8 Å². The second-order valence-electron chi connectivity index (χ2n) is 10.9. The smallest absolute Gasteiger partial charge is 0.257 e. The van der Waals surface area contributed by atoms with E-state index in [4.69, 9.17) is 9.72 Å². The van der Waals surface area contributed by atoms with Crippen molar-refractivity contribution in [2.45, 2.75) is 70.9 Å². The molecule has 8 heteroatoms. The molecule has 5 rings (SSSR count). The maximum atomic E-state index is 12.8. The highest BCUT2D eigenvalue weighted by Gasteiger charge is 2.54. The Bertz CT molecular complexity index is 1110. The minimum Gasteiger partial charge on any atom is -0.497 e. The molecule has 0 aliphatic heterocycles. The van der Waals surface area contributed by atoms with Gasteiger partial charge in [-0.2, -0.15) is 0 Å². The highest BCUT2D eigenvalue weighted by Crippen LogP contribution is 2.57. The number of amides is 2. The molecule has 2 amide bonds. The van der Waals surface area contributed by atoms with Gasteiger partial charge in [-0.15, -0.1) is 11.3 Å². The quantitative estimate of drug-likeness (QED) is 0.550. The number of ether oxygens (including phenoxy) is 1. The molecule has 2 saturated carbocycles. The first-order valence-corrected chi connectivity index (χ1v) is 13.5. The van der Waals surface area contributed by atoms with Gasteiger partial charge in [-0.3, -0.25) is 14.9 Å². The number of aromatic nitrogens is 1. The minimum atomic E-state index is -0.559. The van der Waals surface area contributed by atoms with Gasteiger partial charge in [0.15, 0.2) is 5.13 Å². The van der Waals surface area contributed by atoms with E-state index < -0.39 is 6.10 Å². The van der Waals surface area contributed by atoms with Crippen LogP contribution in [0.15, 0.2) is 24.3 Å². The largest absolute Gasteiger partial charge is 0.497 e. The van der Waals surface area contributed by atoms with Crippen LogP contribution in [0.3, 0.4) is 0 Å². The van der Waals surface area contributed by atoms with Gasteiger partial charge in [-0.05, 0) is 73.6 Å². The molecule has 1 aromatic heterocycles. The second kappa shape index (κ2) is 9.21. The summed E-state index contributed by atoms with van der Waals surface area (Å²) in [7, 11) is 1.59. The third-order valence-electron chi connectivity index (χ3n) is 8.47. The Morgan fingerprint density at radius 1 is 1.23 bits per heavy atom. The summed E-state index contributed by atoms with van der Waals surface area (Å²) in [5.74, 6) is 0.377. The Balaban J connectivity index is 1.33. The molecule has 35 heavy (non-hydrogen) atoms. The van der Waals surface area contributed by atoms with Gasteiger partial charge < -0.3 is 15.2 Å². The number of thiazole rings is 1. The van der Waals surface area contributed by atoms with Crippen molar-refractivity contribution in [2.75, 3.05) is 12.4 Å². The summed E-state index contributed by atoms with van der Waals surface area (Å²) in [5.41, 5.74) is 1.46. The number of hydrogen-bond acceptors (Lipinski definition) is 6. The minimum absolute atomic E-state index is 0.0252. The van der Waals surface area contributed by atoms with Gasteiger partial charge >= 0.3 is 0 Å². The standard InChI is InChI=1S/C27H35N3O4S/c1-14(24(32)28-17-7-8-17)19-11-12-27(3)13-20-22(15(2)21(27)23(19)31)29-26(35-20)30-25(33)16-5-9-18(34-4)10-6-16/h5-6,9-10,14-15,17,19,21,23,31H,7-8,11-13H2,1-4H3,(H,28,32)(H,29,30,33)/t14-,15-,19+,21+,23-,27-/m0/s1. The van der Waals surface area contributed by atoms with E-state index in [-0.39, 0.29) is 40.9 Å². The maximum absolute atomic E-state index is 12.8. The molecule has 0 radical (unpaired) electrons. The van der Waals surface area contributed by atoms with Crippen LogP contribution in [0.25, 0.3) is 0 Å². The fraction of sp³-hybridized carbons (Fsp3) is 0.593. The van der Waals surface area contributed by atoms with E-state index in [1.807, 2.05) is 6.92 Å². The highest BCUT2D eigenvalue weighted by molar-refractivity contribution is 7.15. The number of rotatable bonds is 6. The third kappa shape index (κ3) is 4.58. The van der Waals surface area contributed by atoms with E-state index in [1.165, 1.54) is 16.2 Å². The summed E-state index contributed by atoms with van der Waals surface area (Å²) in [6, 6.07) is 7.32. The third-order valence-corrected chi connectivity index (χ3v) is 9.46. The molecule has 0 spiro atoms. The Hall–Kier alpha value is -2.45. The van der Waals surface area contributed by atoms with Crippen molar-refractivity contribution in [1.29, 1.82) is 0 Å². The van der Waals surface area contributed by atoms with E-state index in [1.54, 1.807) is 31.4 Å². The van der Waals surface area contributed by atoms with Crippen LogP contribution in [0.1, 0.15) is 73.3 Å². The molecule has 3 aliphatic rings. The number of carbonyl (C=O) groups is 2. The van der Waals surface area contributed by atoms with E-state index >= 15 is 0 Å². The molecule has 2 aromatic rings. The van der Waals surface area contributed by atoms with Crippen LogP contribution in [-0.4, -0.2) is 41.2 Å². The predicted octanol–water partition coefficient (Wildman–Crippen LogP) is 4.37. The van der Waals surface area contributed by atoms with Crippen molar-refractivity contribution in [3.8, 4) is 5.75 Å². The molecule has 2 fully saturated rings. The van der Waals surface area contributed by atoms with Crippen molar-refractivity contribution < 1.29 is 19.4 Å². The summed E-state index contributed by atoms with van der Waals surface area (Å²) in [5, 5.41) is 18.2. The van der Waals surface area contributed by atoms with Crippen molar-refractivity contribution in [3.63, 3.8) is 0 Å². The van der Waals surface area contributed by atoms with Crippen LogP contribution in [0.5, 0.6) is 5.75 Å². The zero-order valence-electron chi connectivity index (χ0n) is 20.8. The first-order chi connectivity index (χ1) is 16.7. The van der Waals surface area contributed by atoms with Crippen molar-refractivity contribution in [1.82, 2.24) is 10.3 Å². The fourth-order valence-electron chi connectivity index (χ4n) is 6.27. The van der Waals surface area contributed by atoms with Crippen molar-refractivity contribution in [3.05, 3.63) is 40.4 Å². The highest BCUT2D eigenvalue weighted by atomic mass is 32.1. The Labute approximate surface area is 210 Å². The average Bonchev–Trinajstić information content (AvgIpc) is 3.56. The number of carbonyl (C=O) groups excluding carboxylic acids is 2. The van der Waals surface area contributed by atoms with Gasteiger partial charge in [0.1, 0.15) is 5.75 Å². The number of hydrogen-bond donors (Lipinski definition) is 3. The summed E-state index contributed by atoms with van der Waals surface area (Å²) in [4.78, 5) is 31.5. The van der Waals surface area contributed by atoms with Crippen molar-refractivity contribution >= 4 is 28.3 Å². The summed E-state index contributed by atoms with van der Waals surface area (Å²) in [6.07, 6.45) is 4.21. The molecule has 0 unspecified atom stereocenters. The first kappa shape index (κ1) is 24.3. The SMILES string of the molecule is COc1ccc(C(=O)Nc2nc3c(s2)C[C@]2(C)CC[C@H]([C@H](C)C(=O)NC4CC4)[C@H](O)[C@H]2[C@@H]3C)cc1. The number of methoxy groups -OCH3 is 1. The van der Waals surface area contributed by atoms with E-state index in [9.17, 15) is 14.7 Å². The topological polar surface area (TPSA) is 101 Å². The lowest BCUT2D eigenvalue weighted by Gasteiger charge is -2.53. The summed E-state index contributed by atoms with van der Waals surface area (Å²) < 4.78 is 5.17. The monoisotopic (exact) mass is 497 g/mol. The number of fused-ring (bicyclic) bond motifs is 2. The molecule has 0 saturated heterocycles. The predicted molar refractivity (Wildman–Crippen MR) is 136 cm³/mol. The Morgan fingerprint density at radius 2 is 1.94 bits per heavy atom. The van der Waals surface area contributed by atoms with E-state index in [2.05, 4.69) is 24.5 Å². The van der Waals surface area contributed by atoms with Crippen LogP contribution >= 0.6 is 11.3 Å². The Morgan fingerprint density at radius 3 is 2.60 bits per heavy atom. The molecule has 1 aromatic carbocycles. The lowest BCUT2D eigenvalue weighted by Crippen LogP contribution is -2.53. The molecule has 3 N–H and O–H groups in total. The van der Waals surface area contributed by atoms with Gasteiger partial charge in [0, 0.05) is 28.3 Å². The molecule has 188 valence electrons. The van der Waals surface area contributed by atoms with Crippen LogP contribution in [-0.2, 0) is 11.2 Å². The lowest BCUT2D eigenvalue weighted by atomic mass is 9.53. The lowest BCUT2D eigenvalue weighted by molar-refractivity contribution is -0.134. The van der Waals surface area contributed by atoms with Crippen LogP contribution in [0.2, 0.25) is 0 Å². The van der Waals surface area contributed by atoms with Gasteiger partial charge in [-0.25, -0.2) is 4.98 Å². The van der Waals surface area contributed by atoms with Gasteiger partial charge in [0.2, 0.25) is 5.91 Å². The number of aliphatic hydroxyl groups excluding tert-OH is 1.